The number of benzene rings is 1. The van der Waals surface area contributed by atoms with Gasteiger partial charge in [-0.25, -0.2) is 4.39 Å². The van der Waals surface area contributed by atoms with Gasteiger partial charge < -0.3 is 9.80 Å². The fourth-order valence-electron chi connectivity index (χ4n) is 5.06. The van der Waals surface area contributed by atoms with Gasteiger partial charge in [0.2, 0.25) is 0 Å². The van der Waals surface area contributed by atoms with Crippen LogP contribution in [0.15, 0.2) is 103 Å². The van der Waals surface area contributed by atoms with Crippen molar-refractivity contribution < 1.29 is 4.39 Å². The molecule has 4 rings (SSSR count). The molecule has 0 bridgehead atoms. The number of hydrogen-bond acceptors (Lipinski definition) is 2. The lowest BCUT2D eigenvalue weighted by molar-refractivity contribution is 0.000523. The van der Waals surface area contributed by atoms with Gasteiger partial charge in [0.05, 0.1) is 11.4 Å². The van der Waals surface area contributed by atoms with Crippen molar-refractivity contribution in [2.45, 2.75) is 52.4 Å². The second-order valence-corrected chi connectivity index (χ2v) is 7.90. The summed E-state index contributed by atoms with van der Waals surface area (Å²) in [6.45, 7) is 16.2. The third-order valence-corrected chi connectivity index (χ3v) is 6.43. The van der Waals surface area contributed by atoms with E-state index >= 15 is 4.39 Å². The Morgan fingerprint density at radius 1 is 1.10 bits per heavy atom. The third-order valence-electron chi connectivity index (χ3n) is 6.43. The van der Waals surface area contributed by atoms with E-state index < -0.39 is 5.67 Å². The van der Waals surface area contributed by atoms with E-state index in [9.17, 15) is 0 Å². The van der Waals surface area contributed by atoms with Crippen LogP contribution in [0.3, 0.4) is 0 Å². The topological polar surface area (TPSA) is 6.48 Å². The predicted octanol–water partition coefficient (Wildman–Crippen LogP) is 7.53. The Morgan fingerprint density at radius 2 is 1.74 bits per heavy atom. The van der Waals surface area contributed by atoms with Crippen LogP contribution in [0.2, 0.25) is 0 Å². The van der Waals surface area contributed by atoms with Crippen LogP contribution >= 0.6 is 0 Å². The van der Waals surface area contributed by atoms with E-state index in [1.54, 1.807) is 0 Å². The maximum absolute atomic E-state index is 16.8. The van der Waals surface area contributed by atoms with Crippen LogP contribution in [0.25, 0.3) is 0 Å². The fourth-order valence-corrected chi connectivity index (χ4v) is 5.06. The Kier molecular flexibility index (Phi) is 7.04. The normalized spacial score (nSPS) is 29.2. The van der Waals surface area contributed by atoms with E-state index in [0.29, 0.717) is 6.42 Å². The second kappa shape index (κ2) is 9.55. The number of hydrogen-bond donors (Lipinski definition) is 0. The number of anilines is 1. The van der Waals surface area contributed by atoms with Crippen molar-refractivity contribution in [2.24, 2.45) is 11.8 Å². The molecule has 4 unspecified atom stereocenters. The number of para-hydroxylation sites is 1. The number of alkyl halides is 1. The molecule has 2 aliphatic heterocycles. The van der Waals surface area contributed by atoms with Crippen molar-refractivity contribution in [3.63, 3.8) is 0 Å². The zero-order valence-corrected chi connectivity index (χ0v) is 19.3. The maximum Gasteiger partial charge on any atom is 0.144 e. The van der Waals surface area contributed by atoms with Crippen molar-refractivity contribution in [3.05, 3.63) is 103 Å². The molecule has 4 atom stereocenters. The molecule has 0 N–H and O–H groups in total. The molecule has 1 aromatic carbocycles. The first kappa shape index (κ1) is 22.9. The van der Waals surface area contributed by atoms with Crippen molar-refractivity contribution in [1.29, 1.82) is 0 Å². The second-order valence-electron chi connectivity index (χ2n) is 7.90. The third kappa shape index (κ3) is 3.60. The Bertz CT molecular complexity index is 924. The van der Waals surface area contributed by atoms with Gasteiger partial charge in [-0.2, -0.15) is 0 Å². The molecule has 31 heavy (non-hydrogen) atoms. The smallest absolute Gasteiger partial charge is 0.144 e. The van der Waals surface area contributed by atoms with E-state index in [2.05, 4.69) is 54.2 Å². The zero-order chi connectivity index (χ0) is 22.6. The summed E-state index contributed by atoms with van der Waals surface area (Å²) in [6, 6.07) is 10.2. The number of piperidine rings is 1. The number of allylic oxidation sites excluding steroid dienone is 8. The van der Waals surface area contributed by atoms with Crippen LogP contribution < -0.4 is 4.90 Å². The summed E-state index contributed by atoms with van der Waals surface area (Å²) in [7, 11) is 0. The monoisotopic (exact) mass is 418 g/mol. The molecular formula is C28H35FN2. The molecule has 1 fully saturated rings. The van der Waals surface area contributed by atoms with Crippen LogP contribution in [0, 0.1) is 11.8 Å². The molecule has 3 heteroatoms. The Balaban J connectivity index is 0.00000132. The minimum absolute atomic E-state index is 0.182. The molecular weight excluding hydrogens is 383 g/mol. The van der Waals surface area contributed by atoms with Gasteiger partial charge in [0.15, 0.2) is 0 Å². The zero-order valence-electron chi connectivity index (χ0n) is 19.3. The predicted molar refractivity (Wildman–Crippen MR) is 131 cm³/mol. The summed E-state index contributed by atoms with van der Waals surface area (Å²) in [5, 5.41) is 0. The molecule has 0 saturated carbocycles. The Hall–Kier alpha value is -2.81. The summed E-state index contributed by atoms with van der Waals surface area (Å²) in [5.74, 6) is -0.468. The average Bonchev–Trinajstić information content (AvgIpc) is 3.17. The highest BCUT2D eigenvalue weighted by atomic mass is 19.1. The molecule has 1 aliphatic carbocycles. The maximum atomic E-state index is 16.8. The largest absolute Gasteiger partial charge is 0.321 e. The van der Waals surface area contributed by atoms with E-state index in [1.807, 2.05) is 69.4 Å². The highest BCUT2D eigenvalue weighted by Gasteiger charge is 2.58. The van der Waals surface area contributed by atoms with E-state index in [4.69, 9.17) is 0 Å². The van der Waals surface area contributed by atoms with Crippen molar-refractivity contribution in [3.8, 4) is 0 Å². The fraction of sp³-hybridized carbons (Fsp3) is 0.357. The molecule has 1 aromatic rings. The van der Waals surface area contributed by atoms with Gasteiger partial charge in [0, 0.05) is 23.2 Å². The SMILES string of the molecule is C=CC1=C(C=C)N(c2ccccc2)C2C(C)C(F)(C=CCC)C3CC=CC=C3N12.CC. The molecule has 0 spiro atoms. The molecule has 1 saturated heterocycles. The highest BCUT2D eigenvalue weighted by Crippen LogP contribution is 2.55. The number of nitrogens with zero attached hydrogens (tertiary/aromatic N) is 2. The molecule has 2 heterocycles. The van der Waals surface area contributed by atoms with Gasteiger partial charge in [-0.3, -0.25) is 0 Å². The quantitative estimate of drug-likeness (QED) is 0.456. The first-order chi connectivity index (χ1) is 15.1. The number of fused-ring (bicyclic) bond motifs is 3. The van der Waals surface area contributed by atoms with Crippen molar-refractivity contribution in [2.75, 3.05) is 4.90 Å². The summed E-state index contributed by atoms with van der Waals surface area (Å²) in [5.41, 5.74) is 2.60. The average molecular weight is 419 g/mol. The van der Waals surface area contributed by atoms with Crippen LogP contribution in [0.5, 0.6) is 0 Å². The first-order valence-corrected chi connectivity index (χ1v) is 11.4. The van der Waals surface area contributed by atoms with Gasteiger partial charge in [0.25, 0.3) is 0 Å². The van der Waals surface area contributed by atoms with Crippen LogP contribution in [0.4, 0.5) is 10.1 Å². The Morgan fingerprint density at radius 3 is 2.35 bits per heavy atom. The lowest BCUT2D eigenvalue weighted by Gasteiger charge is -2.53. The van der Waals surface area contributed by atoms with Crippen LogP contribution in [0.1, 0.15) is 40.5 Å². The van der Waals surface area contributed by atoms with Gasteiger partial charge in [0.1, 0.15) is 11.8 Å². The molecule has 2 nitrogen and oxygen atoms in total. The van der Waals surface area contributed by atoms with E-state index in [-0.39, 0.29) is 18.0 Å². The highest BCUT2D eigenvalue weighted by molar-refractivity contribution is 5.63. The van der Waals surface area contributed by atoms with Gasteiger partial charge in [-0.1, -0.05) is 83.4 Å². The lowest BCUT2D eigenvalue weighted by atomic mass is 9.69. The van der Waals surface area contributed by atoms with Crippen LogP contribution in [-0.2, 0) is 0 Å². The first-order valence-electron chi connectivity index (χ1n) is 11.4. The standard InChI is InChI=1S/C26H29FN2.C2H6/c1-5-8-18-26(27)19(4)25-28(20-14-10-9-11-15-20)22(6-2)23(7-3)29(25)24-17-13-12-16-21(24)26;1-2/h6-15,17-19,21,25H,2-3,5,16H2,1,4H3;1-2H3. The summed E-state index contributed by atoms with van der Waals surface area (Å²) >= 11 is 0. The molecule has 0 amide bonds. The summed E-state index contributed by atoms with van der Waals surface area (Å²) in [4.78, 5) is 4.51. The van der Waals surface area contributed by atoms with Gasteiger partial charge >= 0.3 is 0 Å². The molecule has 0 radical (unpaired) electrons. The van der Waals surface area contributed by atoms with Crippen molar-refractivity contribution in [1.82, 2.24) is 4.90 Å². The molecule has 164 valence electrons. The van der Waals surface area contributed by atoms with E-state index in [1.165, 1.54) is 0 Å². The van der Waals surface area contributed by atoms with Gasteiger partial charge in [-0.15, -0.1) is 0 Å². The van der Waals surface area contributed by atoms with Crippen LogP contribution in [-0.4, -0.2) is 16.7 Å². The number of halogens is 1. The molecule has 3 aliphatic rings. The van der Waals surface area contributed by atoms with Gasteiger partial charge in [-0.05, 0) is 43.2 Å². The van der Waals surface area contributed by atoms with Crippen molar-refractivity contribution >= 4 is 5.69 Å². The lowest BCUT2D eigenvalue weighted by Crippen LogP contribution is -2.60. The minimum Gasteiger partial charge on any atom is -0.321 e. The number of rotatable bonds is 5. The molecule has 0 aromatic heterocycles. The minimum atomic E-state index is -1.43. The summed E-state index contributed by atoms with van der Waals surface area (Å²) < 4.78 is 16.8. The van der Waals surface area contributed by atoms with E-state index in [0.717, 1.165) is 29.2 Å². The summed E-state index contributed by atoms with van der Waals surface area (Å²) in [6.07, 6.45) is 15.1. The Labute approximate surface area is 187 Å².